The van der Waals surface area contributed by atoms with Crippen LogP contribution in [0.25, 0.3) is 6.08 Å². The van der Waals surface area contributed by atoms with E-state index in [1.807, 2.05) is 52.7 Å². The molecule has 0 N–H and O–H groups in total. The van der Waals surface area contributed by atoms with Crippen LogP contribution in [0.3, 0.4) is 0 Å². The van der Waals surface area contributed by atoms with Gasteiger partial charge in [0.25, 0.3) is 0 Å². The van der Waals surface area contributed by atoms with E-state index in [1.54, 1.807) is 13.3 Å². The molecule has 1 fully saturated rings. The van der Waals surface area contributed by atoms with E-state index in [0.29, 0.717) is 5.88 Å². The van der Waals surface area contributed by atoms with Gasteiger partial charge < -0.3 is 14.0 Å². The summed E-state index contributed by atoms with van der Waals surface area (Å²) in [6.07, 6.45) is 3.71. The van der Waals surface area contributed by atoms with E-state index in [1.165, 1.54) is 0 Å². The Morgan fingerprint density at radius 3 is 2.35 bits per heavy atom. The number of aryl methyl sites for hydroxylation is 1. The number of rotatable bonds is 3. The summed E-state index contributed by atoms with van der Waals surface area (Å²) in [5, 5.41) is 0. The molecule has 1 saturated heterocycles. The standard InChI is InChI=1S/C15H22BNO3/c1-11-9-12(13(18-6)17-10-11)7-8-16-19-14(2,3)15(4,5)20-16/h7-10H,1-6H3/b8-7+. The lowest BCUT2D eigenvalue weighted by atomic mass is 9.89. The minimum atomic E-state index is -0.356. The Hall–Kier alpha value is -1.33. The predicted molar refractivity (Wildman–Crippen MR) is 80.6 cm³/mol. The molecule has 0 unspecified atom stereocenters. The highest BCUT2D eigenvalue weighted by molar-refractivity contribution is 6.52. The molecule has 2 rings (SSSR count). The molecule has 20 heavy (non-hydrogen) atoms. The van der Waals surface area contributed by atoms with Gasteiger partial charge in [-0.3, -0.25) is 0 Å². The van der Waals surface area contributed by atoms with Crippen molar-refractivity contribution in [2.24, 2.45) is 0 Å². The van der Waals surface area contributed by atoms with Crippen LogP contribution in [-0.4, -0.2) is 30.4 Å². The van der Waals surface area contributed by atoms with E-state index in [2.05, 4.69) is 4.98 Å². The molecular formula is C15H22BNO3. The molecule has 0 saturated carbocycles. The summed E-state index contributed by atoms with van der Waals surface area (Å²) in [5.41, 5.74) is 1.36. The normalized spacial score (nSPS) is 20.6. The average molecular weight is 275 g/mol. The van der Waals surface area contributed by atoms with Gasteiger partial charge in [0.15, 0.2) is 0 Å². The lowest BCUT2D eigenvalue weighted by molar-refractivity contribution is 0.00578. The lowest BCUT2D eigenvalue weighted by Crippen LogP contribution is -2.41. The molecule has 0 bridgehead atoms. The minimum absolute atomic E-state index is 0.322. The highest BCUT2D eigenvalue weighted by Gasteiger charge is 2.50. The van der Waals surface area contributed by atoms with E-state index >= 15 is 0 Å². The second-order valence-corrected chi connectivity index (χ2v) is 6.10. The van der Waals surface area contributed by atoms with Crippen molar-refractivity contribution < 1.29 is 14.0 Å². The van der Waals surface area contributed by atoms with Crippen molar-refractivity contribution in [2.75, 3.05) is 7.11 Å². The van der Waals surface area contributed by atoms with Crippen molar-refractivity contribution in [2.45, 2.75) is 45.8 Å². The second-order valence-electron chi connectivity index (χ2n) is 6.10. The van der Waals surface area contributed by atoms with E-state index in [4.69, 9.17) is 14.0 Å². The van der Waals surface area contributed by atoms with Crippen molar-refractivity contribution in [1.29, 1.82) is 0 Å². The van der Waals surface area contributed by atoms with Gasteiger partial charge in [-0.25, -0.2) is 4.98 Å². The predicted octanol–water partition coefficient (Wildman–Crippen LogP) is 3.04. The number of nitrogens with zero attached hydrogens (tertiary/aromatic N) is 1. The number of aromatic nitrogens is 1. The SMILES string of the molecule is COc1ncc(C)cc1/C=C/B1OC(C)(C)C(C)(C)O1. The van der Waals surface area contributed by atoms with Crippen LogP contribution < -0.4 is 4.74 Å². The van der Waals surface area contributed by atoms with Gasteiger partial charge in [0, 0.05) is 11.8 Å². The Labute approximate surface area is 121 Å². The molecule has 1 aromatic heterocycles. The van der Waals surface area contributed by atoms with E-state index in [-0.39, 0.29) is 18.3 Å². The van der Waals surface area contributed by atoms with Crippen LogP contribution in [0, 0.1) is 6.92 Å². The zero-order valence-electron chi connectivity index (χ0n) is 13.1. The third-order valence-corrected chi connectivity index (χ3v) is 3.91. The van der Waals surface area contributed by atoms with E-state index < -0.39 is 0 Å². The fraction of sp³-hybridized carbons (Fsp3) is 0.533. The van der Waals surface area contributed by atoms with Gasteiger partial charge in [0.2, 0.25) is 5.88 Å². The quantitative estimate of drug-likeness (QED) is 0.795. The maximum absolute atomic E-state index is 5.92. The maximum Gasteiger partial charge on any atom is 0.487 e. The summed E-state index contributed by atoms with van der Waals surface area (Å²) in [7, 11) is 1.26. The Morgan fingerprint density at radius 1 is 1.20 bits per heavy atom. The van der Waals surface area contributed by atoms with Crippen molar-refractivity contribution in [3.63, 3.8) is 0 Å². The van der Waals surface area contributed by atoms with Crippen molar-refractivity contribution in [1.82, 2.24) is 4.98 Å². The lowest BCUT2D eigenvalue weighted by Gasteiger charge is -2.32. The highest BCUT2D eigenvalue weighted by Crippen LogP contribution is 2.37. The Balaban J connectivity index is 2.17. The fourth-order valence-electron chi connectivity index (χ4n) is 2.02. The molecule has 0 radical (unpaired) electrons. The Kier molecular flexibility index (Phi) is 3.94. The van der Waals surface area contributed by atoms with Gasteiger partial charge in [-0.1, -0.05) is 12.1 Å². The van der Waals surface area contributed by atoms with Crippen molar-refractivity contribution in [3.8, 4) is 5.88 Å². The summed E-state index contributed by atoms with van der Waals surface area (Å²) < 4.78 is 17.1. The molecule has 0 amide bonds. The van der Waals surface area contributed by atoms with Gasteiger partial charge in [-0.2, -0.15) is 0 Å². The maximum atomic E-state index is 5.92. The topological polar surface area (TPSA) is 40.6 Å². The first kappa shape index (κ1) is 15.1. The minimum Gasteiger partial charge on any atom is -0.481 e. The summed E-state index contributed by atoms with van der Waals surface area (Å²) in [5.74, 6) is 2.50. The summed E-state index contributed by atoms with van der Waals surface area (Å²) in [6, 6.07) is 2.02. The molecule has 1 aliphatic heterocycles. The second kappa shape index (κ2) is 5.22. The van der Waals surface area contributed by atoms with Gasteiger partial charge in [0.05, 0.1) is 18.3 Å². The molecule has 108 valence electrons. The van der Waals surface area contributed by atoms with E-state index in [9.17, 15) is 0 Å². The fourth-order valence-corrected chi connectivity index (χ4v) is 2.02. The van der Waals surface area contributed by atoms with Gasteiger partial charge in [-0.05, 0) is 46.2 Å². The largest absolute Gasteiger partial charge is 0.487 e. The molecule has 4 nitrogen and oxygen atoms in total. The van der Waals surface area contributed by atoms with E-state index in [0.717, 1.165) is 11.1 Å². The molecule has 5 heteroatoms. The first-order valence-corrected chi connectivity index (χ1v) is 6.80. The van der Waals surface area contributed by atoms with Crippen LogP contribution in [0.15, 0.2) is 18.2 Å². The number of ether oxygens (including phenoxy) is 1. The molecule has 0 atom stereocenters. The smallest absolute Gasteiger partial charge is 0.481 e. The van der Waals surface area contributed by atoms with Crippen molar-refractivity contribution >= 4 is 13.2 Å². The molecule has 0 aliphatic carbocycles. The van der Waals surface area contributed by atoms with Gasteiger partial charge in [0.1, 0.15) is 0 Å². The summed E-state index contributed by atoms with van der Waals surface area (Å²) in [4.78, 5) is 4.24. The Bertz CT molecular complexity index is 510. The number of hydrogen-bond acceptors (Lipinski definition) is 4. The first-order valence-electron chi connectivity index (χ1n) is 6.80. The molecule has 0 spiro atoms. The zero-order valence-corrected chi connectivity index (χ0v) is 13.1. The van der Waals surface area contributed by atoms with Crippen LogP contribution in [0.2, 0.25) is 0 Å². The van der Waals surface area contributed by atoms with Crippen LogP contribution >= 0.6 is 0 Å². The number of methoxy groups -OCH3 is 1. The first-order chi connectivity index (χ1) is 9.25. The summed E-state index contributed by atoms with van der Waals surface area (Å²) in [6.45, 7) is 10.1. The molecule has 1 aliphatic rings. The van der Waals surface area contributed by atoms with Crippen LogP contribution in [0.1, 0.15) is 38.8 Å². The van der Waals surface area contributed by atoms with Crippen LogP contribution in [-0.2, 0) is 9.31 Å². The van der Waals surface area contributed by atoms with Crippen LogP contribution in [0.5, 0.6) is 5.88 Å². The molecule has 1 aromatic rings. The third-order valence-electron chi connectivity index (χ3n) is 3.91. The Morgan fingerprint density at radius 2 is 1.80 bits per heavy atom. The van der Waals surface area contributed by atoms with Gasteiger partial charge >= 0.3 is 7.12 Å². The average Bonchev–Trinajstić information content (AvgIpc) is 2.55. The van der Waals surface area contributed by atoms with Gasteiger partial charge in [-0.15, -0.1) is 0 Å². The monoisotopic (exact) mass is 275 g/mol. The third kappa shape index (κ3) is 2.89. The summed E-state index contributed by atoms with van der Waals surface area (Å²) >= 11 is 0. The number of hydrogen-bond donors (Lipinski definition) is 0. The van der Waals surface area contributed by atoms with Crippen molar-refractivity contribution in [3.05, 3.63) is 29.4 Å². The number of pyridine rings is 1. The zero-order chi connectivity index (χ0) is 15.0. The van der Waals surface area contributed by atoms with Crippen LogP contribution in [0.4, 0.5) is 0 Å². The molecule has 0 aromatic carbocycles. The highest BCUT2D eigenvalue weighted by atomic mass is 16.7. The molecule has 2 heterocycles. The molecular weight excluding hydrogens is 253 g/mol.